The van der Waals surface area contributed by atoms with Gasteiger partial charge >= 0.3 is 6.18 Å². The van der Waals surface area contributed by atoms with Gasteiger partial charge in [0.1, 0.15) is 0 Å². The van der Waals surface area contributed by atoms with Crippen LogP contribution in [0.1, 0.15) is 31.2 Å². The number of nitrogens with two attached hydrogens (primary N) is 1. The summed E-state index contributed by atoms with van der Waals surface area (Å²) in [4.78, 5) is 0. The van der Waals surface area contributed by atoms with E-state index >= 15 is 0 Å². The average Bonchev–Trinajstić information content (AvgIpc) is 2.56. The lowest BCUT2D eigenvalue weighted by molar-refractivity contribution is -0.136. The summed E-state index contributed by atoms with van der Waals surface area (Å²) < 4.78 is 37.7. The highest BCUT2D eigenvalue weighted by molar-refractivity contribution is 5.11. The number of hydrogen-bond acceptors (Lipinski definition) is 2. The highest BCUT2D eigenvalue weighted by atomic mass is 19.4. The fraction of sp³-hybridized carbons (Fsp3) is 0.727. The third-order valence-corrected chi connectivity index (χ3v) is 2.66. The molecule has 0 radical (unpaired) electrons. The molecule has 3 nitrogen and oxygen atoms in total. The molecule has 2 N–H and O–H groups in total. The third-order valence-electron chi connectivity index (χ3n) is 2.66. The van der Waals surface area contributed by atoms with Crippen molar-refractivity contribution in [3.8, 4) is 0 Å². The number of hydrogen-bond donors (Lipinski definition) is 1. The van der Waals surface area contributed by atoms with Gasteiger partial charge in [-0.05, 0) is 18.9 Å². The Kier molecular flexibility index (Phi) is 4.56. The topological polar surface area (TPSA) is 43.8 Å². The molecule has 1 aromatic rings. The summed E-state index contributed by atoms with van der Waals surface area (Å²) in [6.07, 6.45) is -3.76. The molecule has 1 heterocycles. The van der Waals surface area contributed by atoms with E-state index in [0.29, 0.717) is 6.42 Å². The molecule has 0 aliphatic rings. The van der Waals surface area contributed by atoms with Gasteiger partial charge in [0.05, 0.1) is 5.69 Å². The number of halogens is 3. The van der Waals surface area contributed by atoms with Gasteiger partial charge in [0.25, 0.3) is 0 Å². The normalized spacial score (nSPS) is 14.0. The minimum Gasteiger partial charge on any atom is -0.327 e. The van der Waals surface area contributed by atoms with Crippen LogP contribution in [0.2, 0.25) is 0 Å². The lowest BCUT2D eigenvalue weighted by Crippen LogP contribution is -2.26. The molecule has 0 amide bonds. The first-order valence-electron chi connectivity index (χ1n) is 5.66. The number of alkyl halides is 3. The highest BCUT2D eigenvalue weighted by Gasteiger charge is 2.27. The van der Waals surface area contributed by atoms with E-state index < -0.39 is 18.6 Å². The predicted molar refractivity (Wildman–Crippen MR) is 59.6 cm³/mol. The second-order valence-corrected chi connectivity index (χ2v) is 4.22. The molecule has 0 aromatic carbocycles. The molecule has 1 rings (SSSR count). The summed E-state index contributed by atoms with van der Waals surface area (Å²) in [5.41, 5.74) is 7.51. The van der Waals surface area contributed by atoms with E-state index in [1.54, 1.807) is 11.7 Å². The Morgan fingerprint density at radius 1 is 1.47 bits per heavy atom. The molecule has 17 heavy (non-hydrogen) atoms. The summed E-state index contributed by atoms with van der Waals surface area (Å²) in [7, 11) is 1.78. The van der Waals surface area contributed by atoms with Gasteiger partial charge in [-0.2, -0.15) is 18.3 Å². The maximum atomic E-state index is 12.0. The molecule has 98 valence electrons. The molecule has 1 unspecified atom stereocenters. The van der Waals surface area contributed by atoms with E-state index in [-0.39, 0.29) is 6.42 Å². The maximum Gasteiger partial charge on any atom is 0.389 e. The van der Waals surface area contributed by atoms with Gasteiger partial charge in [-0.3, -0.25) is 4.68 Å². The van der Waals surface area contributed by atoms with E-state index in [9.17, 15) is 13.2 Å². The minimum absolute atomic E-state index is 0.0455. The van der Waals surface area contributed by atoms with Gasteiger partial charge in [-0.15, -0.1) is 0 Å². The Morgan fingerprint density at radius 2 is 2.12 bits per heavy atom. The Bertz CT molecular complexity index is 357. The number of aromatic nitrogens is 2. The molecule has 6 heteroatoms. The van der Waals surface area contributed by atoms with E-state index in [0.717, 1.165) is 17.8 Å². The maximum absolute atomic E-state index is 12.0. The first-order chi connectivity index (χ1) is 7.81. The molecule has 0 fully saturated rings. The molecule has 0 saturated heterocycles. The number of rotatable bonds is 5. The van der Waals surface area contributed by atoms with Crippen molar-refractivity contribution in [2.45, 2.75) is 44.8 Å². The van der Waals surface area contributed by atoms with Crippen LogP contribution in [-0.4, -0.2) is 22.0 Å². The van der Waals surface area contributed by atoms with Crippen molar-refractivity contribution < 1.29 is 13.2 Å². The van der Waals surface area contributed by atoms with E-state index in [2.05, 4.69) is 5.10 Å². The van der Waals surface area contributed by atoms with Crippen LogP contribution in [0.15, 0.2) is 6.07 Å². The van der Waals surface area contributed by atoms with Crippen LogP contribution in [0, 0.1) is 0 Å². The summed E-state index contributed by atoms with van der Waals surface area (Å²) in [6.45, 7) is 1.98. The Labute approximate surface area is 98.8 Å². The molecular formula is C11H18F3N3. The van der Waals surface area contributed by atoms with Gasteiger partial charge in [-0.1, -0.05) is 6.92 Å². The van der Waals surface area contributed by atoms with Crippen LogP contribution in [-0.2, 0) is 19.9 Å². The highest BCUT2D eigenvalue weighted by Crippen LogP contribution is 2.22. The summed E-state index contributed by atoms with van der Waals surface area (Å²) >= 11 is 0. The monoisotopic (exact) mass is 249 g/mol. The van der Waals surface area contributed by atoms with Crippen molar-refractivity contribution >= 4 is 0 Å². The van der Waals surface area contributed by atoms with Crippen LogP contribution in [0.5, 0.6) is 0 Å². The first kappa shape index (κ1) is 14.0. The number of aryl methyl sites for hydroxylation is 2. The van der Waals surface area contributed by atoms with Crippen LogP contribution in [0.3, 0.4) is 0 Å². The number of nitrogens with zero attached hydrogens (tertiary/aromatic N) is 2. The molecule has 0 saturated carbocycles. The molecule has 1 atom stereocenters. The molecule has 0 spiro atoms. The standard InChI is InChI=1S/C11H18F3N3/c1-3-9-7-10(17(2)16-9)6-8(15)4-5-11(12,13)14/h7-8H,3-6,15H2,1-2H3. The lowest BCUT2D eigenvalue weighted by Gasteiger charge is -2.13. The van der Waals surface area contributed by atoms with Gasteiger partial charge in [0, 0.05) is 31.6 Å². The molecule has 0 bridgehead atoms. The van der Waals surface area contributed by atoms with Gasteiger partial charge in [0.15, 0.2) is 0 Å². The van der Waals surface area contributed by atoms with Gasteiger partial charge < -0.3 is 5.73 Å². The zero-order valence-electron chi connectivity index (χ0n) is 10.1. The smallest absolute Gasteiger partial charge is 0.327 e. The second kappa shape index (κ2) is 5.53. The van der Waals surface area contributed by atoms with Crippen LogP contribution < -0.4 is 5.73 Å². The Balaban J connectivity index is 2.50. The average molecular weight is 249 g/mol. The van der Waals surface area contributed by atoms with Crippen molar-refractivity contribution in [2.75, 3.05) is 0 Å². The SMILES string of the molecule is CCc1cc(CC(N)CCC(F)(F)F)n(C)n1. The summed E-state index contributed by atoms with van der Waals surface area (Å²) in [6, 6.07) is 1.42. The van der Waals surface area contributed by atoms with Gasteiger partial charge in [0.2, 0.25) is 0 Å². The van der Waals surface area contributed by atoms with E-state index in [1.165, 1.54) is 0 Å². The lowest BCUT2D eigenvalue weighted by atomic mass is 10.1. The fourth-order valence-corrected chi connectivity index (χ4v) is 1.66. The Morgan fingerprint density at radius 3 is 2.59 bits per heavy atom. The molecule has 0 aliphatic carbocycles. The van der Waals surface area contributed by atoms with Crippen LogP contribution >= 0.6 is 0 Å². The second-order valence-electron chi connectivity index (χ2n) is 4.22. The predicted octanol–water partition coefficient (Wildman–Crippen LogP) is 2.19. The van der Waals surface area contributed by atoms with E-state index in [1.807, 2.05) is 13.0 Å². The molecule has 1 aromatic heterocycles. The minimum atomic E-state index is -4.13. The fourth-order valence-electron chi connectivity index (χ4n) is 1.66. The van der Waals surface area contributed by atoms with Crippen LogP contribution in [0.4, 0.5) is 13.2 Å². The zero-order valence-corrected chi connectivity index (χ0v) is 10.1. The zero-order chi connectivity index (χ0) is 13.1. The summed E-state index contributed by atoms with van der Waals surface area (Å²) in [5.74, 6) is 0. The Hall–Kier alpha value is -1.04. The largest absolute Gasteiger partial charge is 0.389 e. The van der Waals surface area contributed by atoms with Crippen molar-refractivity contribution in [1.82, 2.24) is 9.78 Å². The van der Waals surface area contributed by atoms with Crippen molar-refractivity contribution in [3.63, 3.8) is 0 Å². The quantitative estimate of drug-likeness (QED) is 0.869. The molecule has 0 aliphatic heterocycles. The van der Waals surface area contributed by atoms with Crippen LogP contribution in [0.25, 0.3) is 0 Å². The van der Waals surface area contributed by atoms with Crippen molar-refractivity contribution in [1.29, 1.82) is 0 Å². The molecular weight excluding hydrogens is 231 g/mol. The van der Waals surface area contributed by atoms with Crippen molar-refractivity contribution in [2.24, 2.45) is 12.8 Å². The first-order valence-corrected chi connectivity index (χ1v) is 5.66. The van der Waals surface area contributed by atoms with Gasteiger partial charge in [-0.25, -0.2) is 0 Å². The van der Waals surface area contributed by atoms with Crippen molar-refractivity contribution in [3.05, 3.63) is 17.5 Å². The van der Waals surface area contributed by atoms with E-state index in [4.69, 9.17) is 5.73 Å². The summed E-state index contributed by atoms with van der Waals surface area (Å²) in [5, 5.41) is 4.23. The third kappa shape index (κ3) is 4.77.